The second-order valence-electron chi connectivity index (χ2n) is 6.85. The maximum Gasteiger partial charge on any atom is 0.326 e. The number of benzene rings is 1. The van der Waals surface area contributed by atoms with E-state index >= 15 is 0 Å². The number of hydrogen-bond donors (Lipinski definition) is 8. The van der Waals surface area contributed by atoms with Gasteiger partial charge in [-0.15, -0.1) is 0 Å². The molecule has 9 N–H and O–H groups in total. The summed E-state index contributed by atoms with van der Waals surface area (Å²) in [5, 5.41) is 25.7. The number of carboxylic acid groups (broad SMARTS) is 1. The maximum atomic E-state index is 12.5. The van der Waals surface area contributed by atoms with Crippen LogP contribution in [0.2, 0.25) is 0 Å². The first-order chi connectivity index (χ1) is 15.1. The van der Waals surface area contributed by atoms with Gasteiger partial charge in [-0.25, -0.2) is 4.79 Å². The van der Waals surface area contributed by atoms with Crippen LogP contribution in [0.3, 0.4) is 0 Å². The van der Waals surface area contributed by atoms with Crippen LogP contribution in [0.25, 0.3) is 0 Å². The molecule has 0 aliphatic heterocycles. The Hall–Kier alpha value is -3.16. The van der Waals surface area contributed by atoms with E-state index < -0.39 is 66.8 Å². The lowest BCUT2D eigenvalue weighted by molar-refractivity contribution is -0.142. The van der Waals surface area contributed by atoms with E-state index in [1.165, 1.54) is 0 Å². The minimum atomic E-state index is -1.49. The number of nitrogens with one attached hydrogen (secondary N) is 3. The zero-order chi connectivity index (χ0) is 24.3. The van der Waals surface area contributed by atoms with Gasteiger partial charge in [-0.3, -0.25) is 19.2 Å². The zero-order valence-corrected chi connectivity index (χ0v) is 18.0. The number of primary amides is 1. The smallest absolute Gasteiger partial charge is 0.326 e. The Balaban J connectivity index is 2.76. The fourth-order valence-corrected chi connectivity index (χ4v) is 2.83. The fourth-order valence-electron chi connectivity index (χ4n) is 2.57. The van der Waals surface area contributed by atoms with Crippen LogP contribution < -0.4 is 27.4 Å². The number of hydrogen-bond acceptors (Lipinski definition) is 8. The van der Waals surface area contributed by atoms with Gasteiger partial charge >= 0.3 is 5.97 Å². The number of amides is 4. The van der Waals surface area contributed by atoms with E-state index in [0.717, 1.165) is 0 Å². The number of aliphatic hydroxyl groups excluding tert-OH is 1. The lowest BCUT2D eigenvalue weighted by atomic mass is 10.1. The van der Waals surface area contributed by atoms with E-state index in [-0.39, 0.29) is 12.2 Å². The highest BCUT2D eigenvalue weighted by atomic mass is 32.1. The fraction of sp³-hybridized carbons (Fsp3) is 0.421. The van der Waals surface area contributed by atoms with Crippen LogP contribution >= 0.6 is 12.6 Å². The molecule has 0 radical (unpaired) electrons. The number of aliphatic carboxylic acids is 1. The molecule has 0 saturated carbocycles. The Labute approximate surface area is 189 Å². The first-order valence-electron chi connectivity index (χ1n) is 9.52. The summed E-state index contributed by atoms with van der Waals surface area (Å²) in [4.78, 5) is 59.2. The van der Waals surface area contributed by atoms with Gasteiger partial charge in [0.1, 0.15) is 18.1 Å². The predicted octanol–water partition coefficient (Wildman–Crippen LogP) is -3.11. The van der Waals surface area contributed by atoms with Gasteiger partial charge in [-0.05, 0) is 5.56 Å². The summed E-state index contributed by atoms with van der Waals surface area (Å²) >= 11 is 3.96. The molecule has 0 saturated heterocycles. The normalized spacial score (nSPS) is 14.3. The number of carboxylic acids is 1. The van der Waals surface area contributed by atoms with Gasteiger partial charge in [-0.1, -0.05) is 30.3 Å². The van der Waals surface area contributed by atoms with Crippen molar-refractivity contribution < 1.29 is 34.2 Å². The monoisotopic (exact) mass is 469 g/mol. The number of carbonyl (C=O) groups excluding carboxylic acids is 4. The minimum Gasteiger partial charge on any atom is -0.480 e. The van der Waals surface area contributed by atoms with Crippen molar-refractivity contribution in [2.75, 3.05) is 12.4 Å². The molecule has 12 nitrogen and oxygen atoms in total. The highest BCUT2D eigenvalue weighted by molar-refractivity contribution is 7.80. The molecule has 1 rings (SSSR count). The van der Waals surface area contributed by atoms with Crippen molar-refractivity contribution in [1.82, 2.24) is 16.0 Å². The average molecular weight is 470 g/mol. The second kappa shape index (κ2) is 13.3. The van der Waals surface area contributed by atoms with Crippen LogP contribution in [-0.4, -0.2) is 76.3 Å². The standard InChI is InChI=1S/C19H27N5O7S/c20-11(7-15(21)26)16(27)24-14(9-32)18(29)23-13(8-25)17(28)22-12(19(30)31)6-10-4-2-1-3-5-10/h1-5,11-14,25,32H,6-9,20H2,(H2,21,26)(H,22,28)(H,23,29)(H,24,27)(H,30,31). The van der Waals surface area contributed by atoms with Crippen molar-refractivity contribution in [2.24, 2.45) is 11.5 Å². The van der Waals surface area contributed by atoms with Crippen LogP contribution in [-0.2, 0) is 30.4 Å². The molecule has 4 unspecified atom stereocenters. The molecule has 0 fully saturated rings. The van der Waals surface area contributed by atoms with Crippen molar-refractivity contribution in [3.8, 4) is 0 Å². The summed E-state index contributed by atoms with van der Waals surface area (Å²) in [6.45, 7) is -0.830. The quantitative estimate of drug-likeness (QED) is 0.138. The van der Waals surface area contributed by atoms with E-state index in [4.69, 9.17) is 11.5 Å². The third-order valence-corrected chi connectivity index (χ3v) is 4.65. The molecule has 13 heteroatoms. The Bertz CT molecular complexity index is 824. The van der Waals surface area contributed by atoms with E-state index in [1.54, 1.807) is 30.3 Å². The molecule has 0 heterocycles. The van der Waals surface area contributed by atoms with Crippen LogP contribution in [0.4, 0.5) is 0 Å². The third kappa shape index (κ3) is 8.91. The Kier molecular flexibility index (Phi) is 11.2. The van der Waals surface area contributed by atoms with Gasteiger partial charge in [0.15, 0.2) is 0 Å². The molecule has 0 spiro atoms. The average Bonchev–Trinajstić information content (AvgIpc) is 2.74. The van der Waals surface area contributed by atoms with Gasteiger partial charge in [0, 0.05) is 12.2 Å². The van der Waals surface area contributed by atoms with Crippen molar-refractivity contribution >= 4 is 42.2 Å². The number of rotatable bonds is 13. The summed E-state index contributed by atoms with van der Waals surface area (Å²) in [5.41, 5.74) is 11.1. The van der Waals surface area contributed by atoms with E-state index in [1.807, 2.05) is 0 Å². The first kappa shape index (κ1) is 26.9. The molecular formula is C19H27N5O7S. The predicted molar refractivity (Wildman–Crippen MR) is 116 cm³/mol. The third-order valence-electron chi connectivity index (χ3n) is 4.29. The Morgan fingerprint density at radius 1 is 0.906 bits per heavy atom. The molecule has 0 aromatic heterocycles. The van der Waals surface area contributed by atoms with Crippen molar-refractivity contribution in [3.05, 3.63) is 35.9 Å². The van der Waals surface area contributed by atoms with Crippen molar-refractivity contribution in [2.45, 2.75) is 37.0 Å². The van der Waals surface area contributed by atoms with Crippen LogP contribution in [0.1, 0.15) is 12.0 Å². The Morgan fingerprint density at radius 3 is 1.94 bits per heavy atom. The molecular weight excluding hydrogens is 442 g/mol. The topological polar surface area (TPSA) is 214 Å². The Morgan fingerprint density at radius 2 is 1.44 bits per heavy atom. The zero-order valence-electron chi connectivity index (χ0n) is 17.1. The summed E-state index contributed by atoms with van der Waals surface area (Å²) in [7, 11) is 0. The molecule has 4 amide bonds. The van der Waals surface area contributed by atoms with Gasteiger partial charge in [0.2, 0.25) is 23.6 Å². The van der Waals surface area contributed by atoms with Crippen molar-refractivity contribution in [3.63, 3.8) is 0 Å². The molecule has 4 atom stereocenters. The highest BCUT2D eigenvalue weighted by Gasteiger charge is 2.29. The van der Waals surface area contributed by atoms with E-state index in [0.29, 0.717) is 5.56 Å². The number of carbonyl (C=O) groups is 5. The van der Waals surface area contributed by atoms with E-state index in [2.05, 4.69) is 28.6 Å². The van der Waals surface area contributed by atoms with Crippen LogP contribution in [0.15, 0.2) is 30.3 Å². The summed E-state index contributed by atoms with van der Waals surface area (Å²) in [6, 6.07) is 3.25. The lowest BCUT2D eigenvalue weighted by Gasteiger charge is -2.23. The van der Waals surface area contributed by atoms with Crippen LogP contribution in [0, 0.1) is 0 Å². The molecule has 1 aromatic rings. The van der Waals surface area contributed by atoms with Gasteiger partial charge in [0.05, 0.1) is 19.1 Å². The van der Waals surface area contributed by atoms with Crippen LogP contribution in [0.5, 0.6) is 0 Å². The summed E-state index contributed by atoms with van der Waals surface area (Å²) in [6.07, 6.45) is -0.451. The number of nitrogens with two attached hydrogens (primary N) is 2. The number of aliphatic hydroxyl groups is 1. The molecule has 0 aliphatic carbocycles. The van der Waals surface area contributed by atoms with Gasteiger partial charge in [0.25, 0.3) is 0 Å². The number of thiol groups is 1. The molecule has 0 bridgehead atoms. The highest BCUT2D eigenvalue weighted by Crippen LogP contribution is 2.04. The summed E-state index contributed by atoms with van der Waals surface area (Å²) < 4.78 is 0. The molecule has 0 aliphatic rings. The maximum absolute atomic E-state index is 12.5. The minimum absolute atomic E-state index is 0.0128. The molecule has 1 aromatic carbocycles. The van der Waals surface area contributed by atoms with Gasteiger partial charge in [-0.2, -0.15) is 12.6 Å². The molecule has 176 valence electrons. The second-order valence-corrected chi connectivity index (χ2v) is 7.22. The van der Waals surface area contributed by atoms with Gasteiger partial charge < -0.3 is 37.6 Å². The van der Waals surface area contributed by atoms with Crippen molar-refractivity contribution in [1.29, 1.82) is 0 Å². The molecule has 32 heavy (non-hydrogen) atoms. The SMILES string of the molecule is NC(=O)CC(N)C(=O)NC(CS)C(=O)NC(CO)C(=O)NC(Cc1ccccc1)C(=O)O. The largest absolute Gasteiger partial charge is 0.480 e. The first-order valence-corrected chi connectivity index (χ1v) is 10.2. The summed E-state index contributed by atoms with van der Waals surface area (Å²) in [5.74, 6) is -4.93. The lowest BCUT2D eigenvalue weighted by Crippen LogP contribution is -2.58. The van der Waals surface area contributed by atoms with E-state index in [9.17, 15) is 34.2 Å².